The van der Waals surface area contributed by atoms with E-state index in [-0.39, 0.29) is 0 Å². The molecule has 1 aliphatic rings. The van der Waals surface area contributed by atoms with Crippen molar-refractivity contribution in [2.45, 2.75) is 30.7 Å². The Morgan fingerprint density at radius 1 is 0.792 bits per heavy atom. The van der Waals surface area contributed by atoms with Gasteiger partial charge in [-0.3, -0.25) is 13.7 Å². The normalized spacial score (nSPS) is 32.6. The molecule has 0 spiro atoms. The predicted octanol–water partition coefficient (Wildman–Crippen LogP) is -3.74. The summed E-state index contributed by atoms with van der Waals surface area (Å²) in [5, 5.41) is 19.4. The Hall–Kier alpha value is -0.510. The number of hydrogen-bond acceptors (Lipinski definition) is 12. The van der Waals surface area contributed by atoms with Gasteiger partial charge in [-0.05, 0) is 0 Å². The molecule has 0 amide bonds. The summed E-state index contributed by atoms with van der Waals surface area (Å²) in [7, 11) is -15.6. The standard InChI is InChI=1S/C6H12O15S3/c7-3-2(1-18-22(9,10)11)19-6(8)5(21-24(15,16)17)4(3)20-23(12,13)14/h2-8H,1H2,(H,9,10,11)(H,12,13,14)(H,15,16,17)/t2-,3+,4+,5-,6+/m0/s1. The van der Waals surface area contributed by atoms with Crippen molar-refractivity contribution in [3.05, 3.63) is 0 Å². The van der Waals surface area contributed by atoms with Crippen molar-refractivity contribution in [2.75, 3.05) is 6.61 Å². The molecule has 0 radical (unpaired) electrons. The van der Waals surface area contributed by atoms with Crippen LogP contribution in [-0.2, 0) is 48.5 Å². The van der Waals surface area contributed by atoms with Crippen LogP contribution in [0.1, 0.15) is 0 Å². The van der Waals surface area contributed by atoms with Gasteiger partial charge in [-0.2, -0.15) is 25.3 Å². The minimum atomic E-state index is -5.33. The lowest BCUT2D eigenvalue weighted by Crippen LogP contribution is -2.61. The van der Waals surface area contributed by atoms with Gasteiger partial charge in [0.25, 0.3) is 0 Å². The van der Waals surface area contributed by atoms with Crippen LogP contribution in [0.25, 0.3) is 0 Å². The lowest BCUT2D eigenvalue weighted by atomic mass is 9.99. The molecule has 0 bridgehead atoms. The maximum Gasteiger partial charge on any atom is 0.397 e. The number of aliphatic hydroxyl groups excluding tert-OH is 2. The second kappa shape index (κ2) is 7.39. The Morgan fingerprint density at radius 2 is 1.25 bits per heavy atom. The van der Waals surface area contributed by atoms with Gasteiger partial charge in [0.15, 0.2) is 12.4 Å². The van der Waals surface area contributed by atoms with Crippen LogP contribution in [0.4, 0.5) is 0 Å². The summed E-state index contributed by atoms with van der Waals surface area (Å²) in [5.74, 6) is 0. The van der Waals surface area contributed by atoms with Crippen molar-refractivity contribution >= 4 is 31.2 Å². The summed E-state index contributed by atoms with van der Waals surface area (Å²) in [6.45, 7) is -1.17. The van der Waals surface area contributed by atoms with E-state index < -0.39 is 68.5 Å². The number of rotatable bonds is 7. The second-order valence-corrected chi connectivity index (χ2v) is 7.43. The van der Waals surface area contributed by atoms with Crippen molar-refractivity contribution in [3.8, 4) is 0 Å². The Labute approximate surface area is 135 Å². The monoisotopic (exact) mass is 420 g/mol. The molecule has 144 valence electrons. The van der Waals surface area contributed by atoms with E-state index in [1.165, 1.54) is 0 Å². The molecule has 24 heavy (non-hydrogen) atoms. The molecule has 15 nitrogen and oxygen atoms in total. The largest absolute Gasteiger partial charge is 0.397 e. The highest BCUT2D eigenvalue weighted by molar-refractivity contribution is 7.81. The van der Waals surface area contributed by atoms with Crippen molar-refractivity contribution in [3.63, 3.8) is 0 Å². The highest BCUT2D eigenvalue weighted by atomic mass is 32.3. The fraction of sp³-hybridized carbons (Fsp3) is 1.00. The lowest BCUT2D eigenvalue weighted by Gasteiger charge is -2.40. The van der Waals surface area contributed by atoms with Crippen molar-refractivity contribution in [2.24, 2.45) is 0 Å². The molecule has 0 aliphatic carbocycles. The second-order valence-electron chi connectivity index (χ2n) is 4.25. The van der Waals surface area contributed by atoms with E-state index in [1.807, 2.05) is 0 Å². The summed E-state index contributed by atoms with van der Waals surface area (Å²) in [6.07, 6.45) is -11.3. The summed E-state index contributed by atoms with van der Waals surface area (Å²) < 4.78 is 106. The fourth-order valence-electron chi connectivity index (χ4n) is 1.69. The first kappa shape index (κ1) is 21.5. The van der Waals surface area contributed by atoms with Gasteiger partial charge in [0.2, 0.25) is 0 Å². The summed E-state index contributed by atoms with van der Waals surface area (Å²) in [6, 6.07) is 0. The molecule has 0 unspecified atom stereocenters. The molecule has 18 heteroatoms. The van der Waals surface area contributed by atoms with Crippen LogP contribution in [-0.4, -0.2) is 86.4 Å². The predicted molar refractivity (Wildman–Crippen MR) is 67.2 cm³/mol. The third kappa shape index (κ3) is 7.16. The quantitative estimate of drug-likeness (QED) is 0.248. The topological polar surface area (TPSA) is 240 Å². The van der Waals surface area contributed by atoms with E-state index in [4.69, 9.17) is 13.7 Å². The molecular weight excluding hydrogens is 408 g/mol. The van der Waals surface area contributed by atoms with Gasteiger partial charge in [0.1, 0.15) is 18.3 Å². The van der Waals surface area contributed by atoms with E-state index in [0.717, 1.165) is 0 Å². The van der Waals surface area contributed by atoms with E-state index in [0.29, 0.717) is 0 Å². The fourth-order valence-corrected chi connectivity index (χ4v) is 2.99. The smallest absolute Gasteiger partial charge is 0.387 e. The summed E-state index contributed by atoms with van der Waals surface area (Å²) >= 11 is 0. The van der Waals surface area contributed by atoms with Crippen LogP contribution in [0.5, 0.6) is 0 Å². The molecule has 1 rings (SSSR count). The highest BCUT2D eigenvalue weighted by Gasteiger charge is 2.50. The molecule has 1 aliphatic heterocycles. The van der Waals surface area contributed by atoms with Gasteiger partial charge in [0.05, 0.1) is 6.61 Å². The van der Waals surface area contributed by atoms with Crippen molar-refractivity contribution in [1.29, 1.82) is 0 Å². The Kier molecular flexibility index (Phi) is 6.63. The van der Waals surface area contributed by atoms with Gasteiger partial charge < -0.3 is 14.9 Å². The van der Waals surface area contributed by atoms with Crippen LogP contribution in [0.3, 0.4) is 0 Å². The van der Waals surface area contributed by atoms with E-state index in [1.54, 1.807) is 0 Å². The van der Waals surface area contributed by atoms with Gasteiger partial charge in [-0.15, -0.1) is 0 Å². The zero-order valence-electron chi connectivity index (χ0n) is 11.1. The van der Waals surface area contributed by atoms with Crippen LogP contribution in [0.2, 0.25) is 0 Å². The molecule has 0 aromatic rings. The molecule has 1 heterocycles. The summed E-state index contributed by atoms with van der Waals surface area (Å²) in [4.78, 5) is 0. The Balaban J connectivity index is 3.08. The minimum Gasteiger partial charge on any atom is -0.387 e. The van der Waals surface area contributed by atoms with Gasteiger partial charge in [-0.25, -0.2) is 12.5 Å². The zero-order valence-corrected chi connectivity index (χ0v) is 13.6. The van der Waals surface area contributed by atoms with Crippen molar-refractivity contribution in [1.82, 2.24) is 0 Å². The molecule has 1 saturated heterocycles. The first-order chi connectivity index (χ1) is 10.6. The van der Waals surface area contributed by atoms with Gasteiger partial charge in [0, 0.05) is 0 Å². The molecule has 0 aromatic heterocycles. The van der Waals surface area contributed by atoms with Gasteiger partial charge in [-0.1, -0.05) is 0 Å². The molecule has 5 N–H and O–H groups in total. The van der Waals surface area contributed by atoms with Crippen LogP contribution in [0.15, 0.2) is 0 Å². The number of ether oxygens (including phenoxy) is 1. The number of hydrogen-bond donors (Lipinski definition) is 5. The third-order valence-electron chi connectivity index (χ3n) is 2.48. The Bertz CT molecular complexity index is 736. The zero-order chi connectivity index (χ0) is 18.9. The van der Waals surface area contributed by atoms with E-state index in [2.05, 4.69) is 17.3 Å². The van der Waals surface area contributed by atoms with E-state index >= 15 is 0 Å². The maximum absolute atomic E-state index is 10.8. The molecule has 0 aromatic carbocycles. The van der Waals surface area contributed by atoms with Gasteiger partial charge >= 0.3 is 31.2 Å². The molecule has 0 saturated carbocycles. The molecule has 1 fully saturated rings. The molecule has 5 atom stereocenters. The average Bonchev–Trinajstić information content (AvgIpc) is 2.32. The minimum absolute atomic E-state index is 1.17. The lowest BCUT2D eigenvalue weighted by molar-refractivity contribution is -0.275. The van der Waals surface area contributed by atoms with Crippen LogP contribution < -0.4 is 0 Å². The first-order valence-corrected chi connectivity index (χ1v) is 9.63. The van der Waals surface area contributed by atoms with Crippen molar-refractivity contribution < 1.29 is 66.4 Å². The highest BCUT2D eigenvalue weighted by Crippen LogP contribution is 2.27. The van der Waals surface area contributed by atoms with Crippen LogP contribution in [0, 0.1) is 0 Å². The van der Waals surface area contributed by atoms with E-state index in [9.17, 15) is 35.5 Å². The first-order valence-electron chi connectivity index (χ1n) is 5.54. The summed E-state index contributed by atoms with van der Waals surface area (Å²) in [5.41, 5.74) is 0. The average molecular weight is 420 g/mol. The third-order valence-corrected chi connectivity index (χ3v) is 3.85. The molecular formula is C6H12O15S3. The SMILES string of the molecule is O=S(=O)(O)OC[C@@H]1O[C@@H](O)[C@@H](OS(=O)(=O)O)[C@H](OS(=O)(=O)O)[C@@H]1O. The number of aliphatic hydroxyl groups is 2. The van der Waals surface area contributed by atoms with Crippen LogP contribution >= 0.6 is 0 Å². The maximum atomic E-state index is 10.8. The Morgan fingerprint density at radius 3 is 1.67 bits per heavy atom.